The van der Waals surface area contributed by atoms with Crippen LogP contribution in [0.25, 0.3) is 0 Å². The van der Waals surface area contributed by atoms with E-state index in [9.17, 15) is 5.11 Å². The van der Waals surface area contributed by atoms with Crippen LogP contribution in [-0.2, 0) is 19.5 Å². The first kappa shape index (κ1) is 13.1. The molecule has 5 nitrogen and oxygen atoms in total. The van der Waals surface area contributed by atoms with Gasteiger partial charge in [0.25, 0.3) is 0 Å². The smallest absolute Gasteiger partial charge is 0.147 e. The SMILES string of the molecule is OC1CCC(CNCc2nnc3n2CCCC3)CC1. The van der Waals surface area contributed by atoms with Crippen LogP contribution in [0.2, 0.25) is 0 Å². The first-order chi connectivity index (χ1) is 9.33. The van der Waals surface area contributed by atoms with E-state index in [0.717, 1.165) is 63.4 Å². The molecule has 3 rings (SSSR count). The number of nitrogens with one attached hydrogen (secondary N) is 1. The van der Waals surface area contributed by atoms with Crippen LogP contribution < -0.4 is 5.32 Å². The zero-order valence-electron chi connectivity index (χ0n) is 11.5. The van der Waals surface area contributed by atoms with Gasteiger partial charge in [-0.15, -0.1) is 10.2 Å². The number of aliphatic hydroxyl groups excluding tert-OH is 1. The molecule has 2 heterocycles. The van der Waals surface area contributed by atoms with E-state index >= 15 is 0 Å². The Balaban J connectivity index is 1.46. The fourth-order valence-electron chi connectivity index (χ4n) is 3.24. The molecular formula is C14H24N4O. The minimum absolute atomic E-state index is 0.0558. The Hall–Kier alpha value is -0.940. The third-order valence-corrected chi connectivity index (χ3v) is 4.47. The first-order valence-electron chi connectivity index (χ1n) is 7.62. The molecule has 1 aliphatic carbocycles. The fourth-order valence-corrected chi connectivity index (χ4v) is 3.24. The van der Waals surface area contributed by atoms with Gasteiger partial charge in [-0.05, 0) is 51.0 Å². The van der Waals surface area contributed by atoms with E-state index in [1.54, 1.807) is 0 Å². The molecule has 0 amide bonds. The molecule has 0 atom stereocenters. The monoisotopic (exact) mass is 264 g/mol. The molecule has 2 N–H and O–H groups in total. The molecule has 0 unspecified atom stereocenters. The number of hydrogen-bond acceptors (Lipinski definition) is 4. The largest absolute Gasteiger partial charge is 0.393 e. The molecule has 0 spiro atoms. The lowest BCUT2D eigenvalue weighted by atomic mass is 9.87. The van der Waals surface area contributed by atoms with Crippen molar-refractivity contribution in [3.8, 4) is 0 Å². The first-order valence-corrected chi connectivity index (χ1v) is 7.62. The molecule has 0 saturated heterocycles. The predicted octanol–water partition coefficient (Wildman–Crippen LogP) is 1.26. The number of aryl methyl sites for hydroxylation is 1. The summed E-state index contributed by atoms with van der Waals surface area (Å²) in [5.74, 6) is 2.96. The molecule has 106 valence electrons. The maximum Gasteiger partial charge on any atom is 0.147 e. The Labute approximate surface area is 114 Å². The van der Waals surface area contributed by atoms with Crippen LogP contribution in [0.1, 0.15) is 50.2 Å². The molecule has 2 aliphatic rings. The van der Waals surface area contributed by atoms with Crippen LogP contribution in [0.5, 0.6) is 0 Å². The minimum atomic E-state index is -0.0558. The average Bonchev–Trinajstić information content (AvgIpc) is 2.85. The van der Waals surface area contributed by atoms with Crippen LogP contribution in [-0.4, -0.2) is 32.5 Å². The summed E-state index contributed by atoms with van der Waals surface area (Å²) in [4.78, 5) is 0. The standard InChI is InChI=1S/C14H24N4O/c19-12-6-4-11(5-7-12)9-15-10-14-17-16-13-3-1-2-8-18(13)14/h11-12,15,19H,1-10H2. The van der Waals surface area contributed by atoms with Crippen LogP contribution in [0.3, 0.4) is 0 Å². The number of hydrogen-bond donors (Lipinski definition) is 2. The summed E-state index contributed by atoms with van der Waals surface area (Å²) in [6.07, 6.45) is 7.74. The third kappa shape index (κ3) is 3.15. The lowest BCUT2D eigenvalue weighted by molar-refractivity contribution is 0.108. The van der Waals surface area contributed by atoms with Gasteiger partial charge in [0.15, 0.2) is 0 Å². The molecular weight excluding hydrogens is 240 g/mol. The molecule has 1 aliphatic heterocycles. The van der Waals surface area contributed by atoms with Crippen LogP contribution in [0.15, 0.2) is 0 Å². The second-order valence-corrected chi connectivity index (χ2v) is 5.95. The lowest BCUT2D eigenvalue weighted by Crippen LogP contribution is -2.28. The van der Waals surface area contributed by atoms with Crippen molar-refractivity contribution in [2.24, 2.45) is 5.92 Å². The van der Waals surface area contributed by atoms with Crippen molar-refractivity contribution in [1.29, 1.82) is 0 Å². The lowest BCUT2D eigenvalue weighted by Gasteiger charge is -2.25. The molecule has 5 heteroatoms. The Kier molecular flexibility index (Phi) is 4.13. The van der Waals surface area contributed by atoms with E-state index in [1.807, 2.05) is 0 Å². The Morgan fingerprint density at radius 3 is 2.84 bits per heavy atom. The van der Waals surface area contributed by atoms with Gasteiger partial charge in [-0.1, -0.05) is 0 Å². The van der Waals surface area contributed by atoms with E-state index in [1.165, 1.54) is 12.8 Å². The van der Waals surface area contributed by atoms with Gasteiger partial charge >= 0.3 is 0 Å². The number of aliphatic hydroxyl groups is 1. The quantitative estimate of drug-likeness (QED) is 0.859. The maximum absolute atomic E-state index is 9.49. The van der Waals surface area contributed by atoms with Gasteiger partial charge in [0.05, 0.1) is 12.6 Å². The van der Waals surface area contributed by atoms with Crippen molar-refractivity contribution in [3.63, 3.8) is 0 Å². The van der Waals surface area contributed by atoms with Crippen molar-refractivity contribution < 1.29 is 5.11 Å². The van der Waals surface area contributed by atoms with Crippen molar-refractivity contribution >= 4 is 0 Å². The Bertz CT molecular complexity index is 410. The van der Waals surface area contributed by atoms with Crippen LogP contribution in [0, 0.1) is 5.92 Å². The van der Waals surface area contributed by atoms with E-state index < -0.39 is 0 Å². The average molecular weight is 264 g/mol. The van der Waals surface area contributed by atoms with Gasteiger partial charge in [-0.3, -0.25) is 0 Å². The summed E-state index contributed by atoms with van der Waals surface area (Å²) >= 11 is 0. The maximum atomic E-state index is 9.49. The molecule has 1 aromatic rings. The van der Waals surface area contributed by atoms with Gasteiger partial charge in [0.1, 0.15) is 11.6 Å². The summed E-state index contributed by atoms with van der Waals surface area (Å²) in [6, 6.07) is 0. The molecule has 1 aromatic heterocycles. The number of rotatable bonds is 4. The Morgan fingerprint density at radius 1 is 1.16 bits per heavy atom. The van der Waals surface area contributed by atoms with Gasteiger partial charge in [-0.2, -0.15) is 0 Å². The molecule has 0 bridgehead atoms. The summed E-state index contributed by atoms with van der Waals surface area (Å²) in [7, 11) is 0. The second-order valence-electron chi connectivity index (χ2n) is 5.95. The molecule has 1 saturated carbocycles. The highest BCUT2D eigenvalue weighted by molar-refractivity contribution is 4.98. The summed E-state index contributed by atoms with van der Waals surface area (Å²) in [5.41, 5.74) is 0. The van der Waals surface area contributed by atoms with Crippen molar-refractivity contribution in [2.75, 3.05) is 6.54 Å². The van der Waals surface area contributed by atoms with Gasteiger partial charge in [0, 0.05) is 13.0 Å². The summed E-state index contributed by atoms with van der Waals surface area (Å²) in [6.45, 7) is 2.94. The highest BCUT2D eigenvalue weighted by atomic mass is 16.3. The zero-order valence-corrected chi connectivity index (χ0v) is 11.5. The molecule has 1 fully saturated rings. The normalized spacial score (nSPS) is 27.2. The van der Waals surface area contributed by atoms with E-state index in [2.05, 4.69) is 20.1 Å². The molecule has 0 radical (unpaired) electrons. The Morgan fingerprint density at radius 2 is 2.00 bits per heavy atom. The second kappa shape index (κ2) is 6.01. The van der Waals surface area contributed by atoms with E-state index in [0.29, 0.717) is 5.92 Å². The number of nitrogens with zero attached hydrogens (tertiary/aromatic N) is 3. The minimum Gasteiger partial charge on any atom is -0.393 e. The third-order valence-electron chi connectivity index (χ3n) is 4.47. The van der Waals surface area contributed by atoms with Crippen LogP contribution in [0.4, 0.5) is 0 Å². The van der Waals surface area contributed by atoms with E-state index in [-0.39, 0.29) is 6.10 Å². The molecule has 0 aromatic carbocycles. The summed E-state index contributed by atoms with van der Waals surface area (Å²) < 4.78 is 2.28. The van der Waals surface area contributed by atoms with Crippen molar-refractivity contribution in [2.45, 2.75) is 64.1 Å². The number of fused-ring (bicyclic) bond motifs is 1. The van der Waals surface area contributed by atoms with Crippen molar-refractivity contribution in [1.82, 2.24) is 20.1 Å². The highest BCUT2D eigenvalue weighted by Gasteiger charge is 2.19. The fraction of sp³-hybridized carbons (Fsp3) is 0.857. The topological polar surface area (TPSA) is 63.0 Å². The van der Waals surface area contributed by atoms with E-state index in [4.69, 9.17) is 0 Å². The summed E-state index contributed by atoms with van der Waals surface area (Å²) in [5, 5.41) is 21.6. The van der Waals surface area contributed by atoms with Crippen LogP contribution >= 0.6 is 0 Å². The molecule has 19 heavy (non-hydrogen) atoms. The van der Waals surface area contributed by atoms with Gasteiger partial charge in [0.2, 0.25) is 0 Å². The number of aromatic nitrogens is 3. The van der Waals surface area contributed by atoms with Crippen molar-refractivity contribution in [3.05, 3.63) is 11.6 Å². The zero-order chi connectivity index (χ0) is 13.1. The van der Waals surface area contributed by atoms with Gasteiger partial charge < -0.3 is 15.0 Å². The van der Waals surface area contributed by atoms with Gasteiger partial charge in [-0.25, -0.2) is 0 Å². The highest BCUT2D eigenvalue weighted by Crippen LogP contribution is 2.23. The predicted molar refractivity (Wildman–Crippen MR) is 72.6 cm³/mol.